The molecule has 0 fully saturated rings. The van der Waals surface area contributed by atoms with E-state index in [4.69, 9.17) is 20.8 Å². The fourth-order valence-corrected chi connectivity index (χ4v) is 2.60. The summed E-state index contributed by atoms with van der Waals surface area (Å²) in [5.41, 5.74) is 2.70. The van der Waals surface area contributed by atoms with Gasteiger partial charge in [-0.3, -0.25) is 4.79 Å². The molecule has 0 spiro atoms. The summed E-state index contributed by atoms with van der Waals surface area (Å²) in [6.45, 7) is 0.922. The number of hydrogen-bond acceptors (Lipinski definition) is 3. The van der Waals surface area contributed by atoms with Crippen molar-refractivity contribution in [3.8, 4) is 0 Å². The molecule has 1 heterocycles. The Bertz CT molecular complexity index is 841. The number of hydrogen-bond donors (Lipinski definition) is 1. The van der Waals surface area contributed by atoms with Crippen LogP contribution in [0, 0.1) is 0 Å². The van der Waals surface area contributed by atoms with E-state index >= 15 is 0 Å². The molecule has 2 aromatic carbocycles. The average Bonchev–Trinajstić information content (AvgIpc) is 2.97. The Morgan fingerprint density at radius 2 is 1.96 bits per heavy atom. The normalized spacial score (nSPS) is 10.9. The van der Waals surface area contributed by atoms with Gasteiger partial charge in [-0.05, 0) is 35.4 Å². The van der Waals surface area contributed by atoms with Gasteiger partial charge < -0.3 is 14.5 Å². The molecule has 0 aliphatic heterocycles. The number of rotatable bonds is 5. The van der Waals surface area contributed by atoms with Crippen LogP contribution >= 0.6 is 11.6 Å². The summed E-state index contributed by atoms with van der Waals surface area (Å²) in [5, 5.41) is 4.29. The van der Waals surface area contributed by atoms with Crippen LogP contribution in [0.25, 0.3) is 11.0 Å². The molecule has 118 valence electrons. The Balaban J connectivity index is 1.73. The summed E-state index contributed by atoms with van der Waals surface area (Å²) in [5.74, 6) is 0.0102. The molecule has 1 aromatic heterocycles. The molecule has 0 saturated heterocycles. The van der Waals surface area contributed by atoms with Crippen LogP contribution in [0.3, 0.4) is 0 Å². The third kappa shape index (κ3) is 3.55. The average molecular weight is 330 g/mol. The molecule has 5 heteroatoms. The van der Waals surface area contributed by atoms with Crippen molar-refractivity contribution in [2.24, 2.45) is 0 Å². The number of fused-ring (bicyclic) bond motifs is 1. The van der Waals surface area contributed by atoms with E-state index in [1.54, 1.807) is 31.4 Å². The number of nitrogens with one attached hydrogen (secondary N) is 1. The predicted molar refractivity (Wildman–Crippen MR) is 89.5 cm³/mol. The third-order valence-corrected chi connectivity index (χ3v) is 3.79. The minimum absolute atomic E-state index is 0.260. The summed E-state index contributed by atoms with van der Waals surface area (Å²) in [6, 6.07) is 14.8. The molecule has 0 bridgehead atoms. The maximum Gasteiger partial charge on any atom is 0.287 e. The van der Waals surface area contributed by atoms with Gasteiger partial charge >= 0.3 is 0 Å². The van der Waals surface area contributed by atoms with E-state index in [2.05, 4.69) is 5.32 Å². The van der Waals surface area contributed by atoms with Gasteiger partial charge in [0, 0.05) is 24.1 Å². The van der Waals surface area contributed by atoms with Gasteiger partial charge in [-0.2, -0.15) is 0 Å². The monoisotopic (exact) mass is 329 g/mol. The number of furan rings is 1. The summed E-state index contributed by atoms with van der Waals surface area (Å²) in [6.07, 6.45) is 0. The van der Waals surface area contributed by atoms with Gasteiger partial charge in [-0.25, -0.2) is 0 Å². The number of carbonyl (C=O) groups is 1. The highest BCUT2D eigenvalue weighted by atomic mass is 35.5. The van der Waals surface area contributed by atoms with E-state index in [9.17, 15) is 4.79 Å². The van der Waals surface area contributed by atoms with Crippen LogP contribution in [-0.2, 0) is 17.9 Å². The van der Waals surface area contributed by atoms with Crippen molar-refractivity contribution in [3.63, 3.8) is 0 Å². The molecule has 0 saturated carbocycles. The molecular weight excluding hydrogens is 314 g/mol. The van der Waals surface area contributed by atoms with Crippen LogP contribution in [0.5, 0.6) is 0 Å². The second kappa shape index (κ2) is 6.86. The maximum absolute atomic E-state index is 12.3. The number of ether oxygens (including phenoxy) is 1. The molecule has 1 amide bonds. The highest BCUT2D eigenvalue weighted by Gasteiger charge is 2.13. The first-order valence-corrected chi connectivity index (χ1v) is 7.58. The minimum Gasteiger partial charge on any atom is -0.451 e. The number of carbonyl (C=O) groups excluding carboxylic acids is 1. The molecule has 0 aliphatic carbocycles. The fraction of sp³-hybridized carbons (Fsp3) is 0.167. The SMILES string of the molecule is COCc1ccccc1CNC(=O)c1cc2cc(Cl)ccc2o1. The molecule has 23 heavy (non-hydrogen) atoms. The zero-order valence-electron chi connectivity index (χ0n) is 12.6. The Labute approximate surface area is 139 Å². The zero-order valence-corrected chi connectivity index (χ0v) is 13.4. The van der Waals surface area contributed by atoms with Crippen LogP contribution in [-0.4, -0.2) is 13.0 Å². The first kappa shape index (κ1) is 15.6. The molecule has 0 atom stereocenters. The van der Waals surface area contributed by atoms with Crippen molar-refractivity contribution in [1.82, 2.24) is 5.32 Å². The van der Waals surface area contributed by atoms with Crippen LogP contribution < -0.4 is 5.32 Å². The van der Waals surface area contributed by atoms with Gasteiger partial charge in [0.15, 0.2) is 5.76 Å². The molecule has 0 unspecified atom stereocenters. The molecular formula is C18H16ClNO3. The summed E-state index contributed by atoms with van der Waals surface area (Å²) in [4.78, 5) is 12.3. The standard InChI is InChI=1S/C18H16ClNO3/c1-22-11-13-5-3-2-4-12(13)10-20-18(21)17-9-14-8-15(19)6-7-16(14)23-17/h2-9H,10-11H2,1H3,(H,20,21). The van der Waals surface area contributed by atoms with Crippen molar-refractivity contribution in [2.75, 3.05) is 7.11 Å². The zero-order chi connectivity index (χ0) is 16.2. The Morgan fingerprint density at radius 1 is 1.17 bits per heavy atom. The second-order valence-corrected chi connectivity index (χ2v) is 5.61. The van der Waals surface area contributed by atoms with Gasteiger partial charge in [-0.1, -0.05) is 35.9 Å². The lowest BCUT2D eigenvalue weighted by Gasteiger charge is -2.09. The number of methoxy groups -OCH3 is 1. The molecule has 0 aliphatic rings. The van der Waals surface area contributed by atoms with E-state index in [1.165, 1.54) is 0 Å². The number of benzene rings is 2. The topological polar surface area (TPSA) is 51.5 Å². The van der Waals surface area contributed by atoms with Gasteiger partial charge in [-0.15, -0.1) is 0 Å². The highest BCUT2D eigenvalue weighted by molar-refractivity contribution is 6.31. The summed E-state index contributed by atoms with van der Waals surface area (Å²) >= 11 is 5.94. The lowest BCUT2D eigenvalue weighted by Crippen LogP contribution is -2.22. The molecule has 1 N–H and O–H groups in total. The lowest BCUT2D eigenvalue weighted by atomic mass is 10.1. The van der Waals surface area contributed by atoms with Gasteiger partial charge in [0.2, 0.25) is 0 Å². The van der Waals surface area contributed by atoms with Gasteiger partial charge in [0.1, 0.15) is 5.58 Å². The summed E-state index contributed by atoms with van der Waals surface area (Å²) < 4.78 is 10.7. The van der Waals surface area contributed by atoms with Crippen LogP contribution in [0.2, 0.25) is 5.02 Å². The van der Waals surface area contributed by atoms with Crippen molar-refractivity contribution >= 4 is 28.5 Å². The largest absolute Gasteiger partial charge is 0.451 e. The van der Waals surface area contributed by atoms with E-state index in [1.807, 2.05) is 24.3 Å². The Morgan fingerprint density at radius 3 is 2.74 bits per heavy atom. The van der Waals surface area contributed by atoms with Crippen LogP contribution in [0.1, 0.15) is 21.7 Å². The second-order valence-electron chi connectivity index (χ2n) is 5.18. The first-order chi connectivity index (χ1) is 11.2. The van der Waals surface area contributed by atoms with Crippen LogP contribution in [0.4, 0.5) is 0 Å². The van der Waals surface area contributed by atoms with Gasteiger partial charge in [0.25, 0.3) is 5.91 Å². The van der Waals surface area contributed by atoms with Crippen LogP contribution in [0.15, 0.2) is 52.9 Å². The Kier molecular flexibility index (Phi) is 4.65. The molecule has 3 rings (SSSR count). The van der Waals surface area contributed by atoms with Crippen molar-refractivity contribution < 1.29 is 13.9 Å². The molecule has 4 nitrogen and oxygen atoms in total. The van der Waals surface area contributed by atoms with Crippen molar-refractivity contribution in [1.29, 1.82) is 0 Å². The smallest absolute Gasteiger partial charge is 0.287 e. The third-order valence-electron chi connectivity index (χ3n) is 3.56. The highest BCUT2D eigenvalue weighted by Crippen LogP contribution is 2.23. The van der Waals surface area contributed by atoms with Crippen molar-refractivity contribution in [3.05, 3.63) is 70.4 Å². The first-order valence-electron chi connectivity index (χ1n) is 7.20. The summed E-state index contributed by atoms with van der Waals surface area (Å²) in [7, 11) is 1.65. The van der Waals surface area contributed by atoms with Crippen molar-refractivity contribution in [2.45, 2.75) is 13.2 Å². The van der Waals surface area contributed by atoms with E-state index in [-0.39, 0.29) is 11.7 Å². The van der Waals surface area contributed by atoms with Gasteiger partial charge in [0.05, 0.1) is 6.61 Å². The van der Waals surface area contributed by atoms with E-state index in [0.717, 1.165) is 16.5 Å². The predicted octanol–water partition coefficient (Wildman–Crippen LogP) is 4.16. The minimum atomic E-state index is -0.260. The van der Waals surface area contributed by atoms with E-state index < -0.39 is 0 Å². The lowest BCUT2D eigenvalue weighted by molar-refractivity contribution is 0.0925. The molecule has 0 radical (unpaired) electrons. The quantitative estimate of drug-likeness (QED) is 0.764. The Hall–Kier alpha value is -2.30. The maximum atomic E-state index is 12.3. The number of amides is 1. The molecule has 3 aromatic rings. The number of halogens is 1. The fourth-order valence-electron chi connectivity index (χ4n) is 2.41. The van der Waals surface area contributed by atoms with E-state index in [0.29, 0.717) is 23.8 Å².